The second-order valence-electron chi connectivity index (χ2n) is 4.16. The lowest BCUT2D eigenvalue weighted by Gasteiger charge is -2.08. The van der Waals surface area contributed by atoms with Gasteiger partial charge in [0, 0.05) is 18.2 Å². The van der Waals surface area contributed by atoms with Crippen LogP contribution in [0.2, 0.25) is 0 Å². The first-order valence-electron chi connectivity index (χ1n) is 6.08. The molecule has 7 heteroatoms. The highest BCUT2D eigenvalue weighted by Gasteiger charge is 2.12. The van der Waals surface area contributed by atoms with Gasteiger partial charge in [0.2, 0.25) is 5.89 Å². The van der Waals surface area contributed by atoms with Crippen LogP contribution < -0.4 is 10.3 Å². The summed E-state index contributed by atoms with van der Waals surface area (Å²) in [6, 6.07) is 1.68. The van der Waals surface area contributed by atoms with Crippen molar-refractivity contribution in [3.05, 3.63) is 33.8 Å². The minimum atomic E-state index is -0.203. The van der Waals surface area contributed by atoms with E-state index in [1.165, 1.54) is 17.7 Å². The van der Waals surface area contributed by atoms with E-state index in [-0.39, 0.29) is 18.1 Å². The third-order valence-corrected chi connectivity index (χ3v) is 2.56. The molecule has 0 saturated carbocycles. The maximum atomic E-state index is 11.9. The van der Waals surface area contributed by atoms with Crippen LogP contribution in [-0.4, -0.2) is 26.8 Å². The number of aryl methyl sites for hydroxylation is 2. The first kappa shape index (κ1) is 13.3. The number of hydrogen-bond donors (Lipinski definition) is 0. The van der Waals surface area contributed by atoms with Crippen molar-refractivity contribution in [3.63, 3.8) is 0 Å². The molecule has 102 valence electrons. The zero-order chi connectivity index (χ0) is 13.8. The van der Waals surface area contributed by atoms with E-state index in [4.69, 9.17) is 9.26 Å². The molecule has 2 rings (SSSR count). The monoisotopic (exact) mass is 264 g/mol. The second kappa shape index (κ2) is 5.64. The molecule has 0 amide bonds. The smallest absolute Gasteiger partial charge is 0.299 e. The van der Waals surface area contributed by atoms with Gasteiger partial charge >= 0.3 is 0 Å². The van der Waals surface area contributed by atoms with Gasteiger partial charge < -0.3 is 9.26 Å². The lowest BCUT2D eigenvalue weighted by atomic mass is 10.3. The van der Waals surface area contributed by atoms with Gasteiger partial charge in [-0.25, -0.2) is 4.98 Å². The van der Waals surface area contributed by atoms with Gasteiger partial charge in [-0.15, -0.1) is 0 Å². The van der Waals surface area contributed by atoms with Crippen LogP contribution in [0.25, 0.3) is 0 Å². The van der Waals surface area contributed by atoms with Gasteiger partial charge in [0.25, 0.3) is 11.6 Å². The van der Waals surface area contributed by atoms with Crippen LogP contribution in [0.15, 0.2) is 15.4 Å². The molecule has 0 N–H and O–H groups in total. The van der Waals surface area contributed by atoms with Crippen molar-refractivity contribution in [2.45, 2.75) is 33.2 Å². The quantitative estimate of drug-likeness (QED) is 0.799. The number of aromatic nitrogens is 4. The Hall–Kier alpha value is -2.18. The van der Waals surface area contributed by atoms with E-state index in [0.717, 1.165) is 12.8 Å². The first-order chi connectivity index (χ1) is 9.13. The van der Waals surface area contributed by atoms with Crippen molar-refractivity contribution in [2.75, 3.05) is 7.11 Å². The number of hydrogen-bond acceptors (Lipinski definition) is 6. The van der Waals surface area contributed by atoms with E-state index in [1.54, 1.807) is 6.92 Å². The Bertz CT molecular complexity index is 618. The molecule has 2 aromatic heterocycles. The molecule has 0 atom stereocenters. The minimum absolute atomic E-state index is 0.183. The lowest BCUT2D eigenvalue weighted by molar-refractivity contribution is 0.343. The Morgan fingerprint density at radius 2 is 2.21 bits per heavy atom. The van der Waals surface area contributed by atoms with E-state index in [1.807, 2.05) is 6.92 Å². The Kier molecular flexibility index (Phi) is 3.94. The molecule has 0 saturated heterocycles. The predicted octanol–water partition coefficient (Wildman–Crippen LogP) is 0.944. The molecule has 0 aromatic carbocycles. The molecule has 7 nitrogen and oxygen atoms in total. The third kappa shape index (κ3) is 2.98. The molecule has 19 heavy (non-hydrogen) atoms. The third-order valence-electron chi connectivity index (χ3n) is 2.56. The van der Waals surface area contributed by atoms with Gasteiger partial charge in [-0.3, -0.25) is 9.36 Å². The fraction of sp³-hybridized carbons (Fsp3) is 0.500. The number of nitrogens with zero attached hydrogens (tertiary/aromatic N) is 4. The topological polar surface area (TPSA) is 83.0 Å². The Morgan fingerprint density at radius 3 is 2.89 bits per heavy atom. The van der Waals surface area contributed by atoms with Gasteiger partial charge in [0.15, 0.2) is 5.82 Å². The number of methoxy groups -OCH3 is 1. The largest absolute Gasteiger partial charge is 0.468 e. The van der Waals surface area contributed by atoms with Crippen molar-refractivity contribution in [1.29, 1.82) is 0 Å². The van der Waals surface area contributed by atoms with Crippen molar-refractivity contribution < 1.29 is 9.26 Å². The number of ether oxygens (including phenoxy) is 1. The van der Waals surface area contributed by atoms with E-state index < -0.39 is 0 Å². The molecule has 0 bridgehead atoms. The zero-order valence-electron chi connectivity index (χ0n) is 11.2. The molecular formula is C12H16N4O3. The van der Waals surface area contributed by atoms with Gasteiger partial charge in [-0.05, 0) is 13.3 Å². The van der Waals surface area contributed by atoms with Crippen LogP contribution in [0.1, 0.15) is 30.8 Å². The normalized spacial score (nSPS) is 10.7. The van der Waals surface area contributed by atoms with Gasteiger partial charge in [0.1, 0.15) is 0 Å². The molecule has 2 heterocycles. The summed E-state index contributed by atoms with van der Waals surface area (Å²) in [5, 5.41) is 3.84. The Labute approximate surface area is 110 Å². The molecule has 0 fully saturated rings. The Balaban J connectivity index is 2.29. The van der Waals surface area contributed by atoms with Crippen molar-refractivity contribution in [1.82, 2.24) is 19.7 Å². The maximum Gasteiger partial charge on any atom is 0.299 e. The summed E-state index contributed by atoms with van der Waals surface area (Å²) < 4.78 is 11.5. The molecule has 0 unspecified atom stereocenters. The van der Waals surface area contributed by atoms with Crippen molar-refractivity contribution in [2.24, 2.45) is 0 Å². The average Bonchev–Trinajstić information content (AvgIpc) is 2.80. The molecule has 0 aliphatic rings. The molecule has 0 aliphatic heterocycles. The summed E-state index contributed by atoms with van der Waals surface area (Å²) in [6.45, 7) is 3.95. The van der Waals surface area contributed by atoms with Crippen molar-refractivity contribution >= 4 is 0 Å². The van der Waals surface area contributed by atoms with Crippen LogP contribution in [-0.2, 0) is 13.0 Å². The Morgan fingerprint density at radius 1 is 1.42 bits per heavy atom. The van der Waals surface area contributed by atoms with Gasteiger partial charge in [0.05, 0.1) is 13.7 Å². The molecular weight excluding hydrogens is 248 g/mol. The highest BCUT2D eigenvalue weighted by molar-refractivity contribution is 5.08. The summed E-state index contributed by atoms with van der Waals surface area (Å²) in [6.07, 6.45) is 1.65. The standard InChI is InChI=1S/C12H16N4O3/c1-4-5-10-14-9(15-19-10)7-16-11(17)6-8(2)13-12(16)18-3/h6H,4-5,7H2,1-3H3. The molecule has 0 aliphatic carbocycles. The second-order valence-corrected chi connectivity index (χ2v) is 4.16. The predicted molar refractivity (Wildman–Crippen MR) is 67.2 cm³/mol. The summed E-state index contributed by atoms with van der Waals surface area (Å²) in [7, 11) is 1.47. The van der Waals surface area contributed by atoms with Crippen LogP contribution in [0, 0.1) is 6.92 Å². The molecule has 2 aromatic rings. The van der Waals surface area contributed by atoms with Gasteiger partial charge in [-0.1, -0.05) is 12.1 Å². The summed E-state index contributed by atoms with van der Waals surface area (Å²) in [5.74, 6) is 1.01. The van der Waals surface area contributed by atoms with E-state index >= 15 is 0 Å². The fourth-order valence-electron chi connectivity index (χ4n) is 1.71. The van der Waals surface area contributed by atoms with Crippen LogP contribution in [0.3, 0.4) is 0 Å². The fourth-order valence-corrected chi connectivity index (χ4v) is 1.71. The summed E-state index contributed by atoms with van der Waals surface area (Å²) in [5.41, 5.74) is 0.407. The summed E-state index contributed by atoms with van der Waals surface area (Å²) >= 11 is 0. The first-order valence-corrected chi connectivity index (χ1v) is 6.08. The van der Waals surface area contributed by atoms with E-state index in [9.17, 15) is 4.79 Å². The average molecular weight is 264 g/mol. The van der Waals surface area contributed by atoms with Crippen LogP contribution in [0.4, 0.5) is 0 Å². The zero-order valence-corrected chi connectivity index (χ0v) is 11.2. The highest BCUT2D eigenvalue weighted by Crippen LogP contribution is 2.07. The van der Waals surface area contributed by atoms with Crippen molar-refractivity contribution in [3.8, 4) is 6.01 Å². The minimum Gasteiger partial charge on any atom is -0.468 e. The molecule has 0 radical (unpaired) electrons. The van der Waals surface area contributed by atoms with Crippen LogP contribution in [0.5, 0.6) is 6.01 Å². The van der Waals surface area contributed by atoms with Crippen LogP contribution >= 0.6 is 0 Å². The summed E-state index contributed by atoms with van der Waals surface area (Å²) in [4.78, 5) is 20.3. The van der Waals surface area contributed by atoms with Gasteiger partial charge in [-0.2, -0.15) is 4.98 Å². The maximum absolute atomic E-state index is 11.9. The highest BCUT2D eigenvalue weighted by atomic mass is 16.5. The molecule has 0 spiro atoms. The van der Waals surface area contributed by atoms with E-state index in [2.05, 4.69) is 15.1 Å². The van der Waals surface area contributed by atoms with E-state index in [0.29, 0.717) is 17.4 Å². The number of rotatable bonds is 5. The SMILES string of the molecule is CCCc1nc(Cn2c(OC)nc(C)cc2=O)no1. The lowest BCUT2D eigenvalue weighted by Crippen LogP contribution is -2.23.